The van der Waals surface area contributed by atoms with Crippen molar-refractivity contribution in [1.82, 2.24) is 9.78 Å². The van der Waals surface area contributed by atoms with E-state index in [1.54, 1.807) is 42.2 Å². The van der Waals surface area contributed by atoms with Gasteiger partial charge in [-0.25, -0.2) is 17.5 Å². The van der Waals surface area contributed by atoms with Gasteiger partial charge in [0, 0.05) is 16.7 Å². The Morgan fingerprint density at radius 3 is 2.09 bits per heavy atom. The molecule has 4 aromatic rings. The smallest absolute Gasteiger partial charge is 0.267 e. The summed E-state index contributed by atoms with van der Waals surface area (Å²) >= 11 is 1.64. The Balaban J connectivity index is 1.83. The molecule has 0 unspecified atom stereocenters. The first kappa shape index (κ1) is 22.9. The number of sulfone groups is 1. The molecule has 5 nitrogen and oxygen atoms in total. The summed E-state index contributed by atoms with van der Waals surface area (Å²) in [7, 11) is -3.35. The molecule has 0 bridgehead atoms. The molecule has 0 aliphatic heterocycles. The Bertz CT molecular complexity index is 1450. The summed E-state index contributed by atoms with van der Waals surface area (Å²) in [5.74, 6) is -0.402. The number of hydrogen-bond donors (Lipinski definition) is 0. The van der Waals surface area contributed by atoms with Crippen LogP contribution < -0.4 is 5.56 Å². The van der Waals surface area contributed by atoms with Crippen molar-refractivity contribution in [3.8, 4) is 22.3 Å². The number of benzene rings is 3. The van der Waals surface area contributed by atoms with Crippen LogP contribution in [-0.2, 0) is 16.4 Å². The highest BCUT2D eigenvalue weighted by Crippen LogP contribution is 2.30. The van der Waals surface area contributed by atoms with E-state index in [4.69, 9.17) is 0 Å². The molecule has 0 atom stereocenters. The lowest BCUT2D eigenvalue weighted by molar-refractivity contribution is 0.602. The van der Waals surface area contributed by atoms with Gasteiger partial charge in [0.05, 0.1) is 23.2 Å². The van der Waals surface area contributed by atoms with Crippen LogP contribution in [0.5, 0.6) is 0 Å². The van der Waals surface area contributed by atoms with E-state index in [1.807, 2.05) is 30.5 Å². The zero-order valence-corrected chi connectivity index (χ0v) is 19.7. The summed E-state index contributed by atoms with van der Waals surface area (Å²) in [6.45, 7) is 0.287. The van der Waals surface area contributed by atoms with Gasteiger partial charge in [-0.15, -0.1) is 11.8 Å². The highest BCUT2D eigenvalue weighted by atomic mass is 32.2. The molecule has 168 valence electrons. The minimum absolute atomic E-state index is 0.185. The molecule has 1 aromatic heterocycles. The molecule has 0 saturated heterocycles. The van der Waals surface area contributed by atoms with Crippen molar-refractivity contribution >= 4 is 21.6 Å². The van der Waals surface area contributed by atoms with Gasteiger partial charge in [-0.2, -0.15) is 5.10 Å². The standard InChI is InChI=1S/C25H21FN2O3S2/c1-32-21-11-3-17(4-12-21)16-28-25(29)24(19-5-9-20(26)10-6-19)23(15-27-28)18-7-13-22(14-8-18)33(2,30)31/h3-15H,16H2,1-2H3. The SMILES string of the molecule is CSc1ccc(Cn2ncc(-c3ccc(S(C)(=O)=O)cc3)c(-c3ccc(F)cc3)c2=O)cc1. The van der Waals surface area contributed by atoms with E-state index in [0.717, 1.165) is 16.7 Å². The Labute approximate surface area is 195 Å². The Morgan fingerprint density at radius 1 is 0.909 bits per heavy atom. The van der Waals surface area contributed by atoms with Crippen molar-refractivity contribution in [2.45, 2.75) is 16.3 Å². The third-order valence-corrected chi connectivity index (χ3v) is 7.13. The number of nitrogens with zero attached hydrogens (tertiary/aromatic N) is 2. The minimum atomic E-state index is -3.35. The molecule has 0 fully saturated rings. The number of hydrogen-bond acceptors (Lipinski definition) is 5. The zero-order valence-electron chi connectivity index (χ0n) is 18.0. The van der Waals surface area contributed by atoms with Gasteiger partial charge in [0.2, 0.25) is 0 Å². The second kappa shape index (κ2) is 9.33. The number of aromatic nitrogens is 2. The predicted octanol–water partition coefficient (Wildman–Crippen LogP) is 4.89. The summed E-state index contributed by atoms with van der Waals surface area (Å²) < 4.78 is 38.6. The van der Waals surface area contributed by atoms with Crippen molar-refractivity contribution in [3.63, 3.8) is 0 Å². The summed E-state index contributed by atoms with van der Waals surface area (Å²) in [4.78, 5) is 14.8. The lowest BCUT2D eigenvalue weighted by Gasteiger charge is -2.13. The van der Waals surface area contributed by atoms with Crippen molar-refractivity contribution in [2.75, 3.05) is 12.5 Å². The normalized spacial score (nSPS) is 11.5. The molecule has 0 aliphatic rings. The quantitative estimate of drug-likeness (QED) is 0.368. The van der Waals surface area contributed by atoms with Gasteiger partial charge in [0.15, 0.2) is 9.84 Å². The maximum atomic E-state index is 13.6. The van der Waals surface area contributed by atoms with Crippen molar-refractivity contribution in [1.29, 1.82) is 0 Å². The van der Waals surface area contributed by atoms with Gasteiger partial charge in [0.1, 0.15) is 5.82 Å². The van der Waals surface area contributed by atoms with Gasteiger partial charge >= 0.3 is 0 Å². The molecule has 3 aromatic carbocycles. The lowest BCUT2D eigenvalue weighted by Crippen LogP contribution is -2.25. The zero-order chi connectivity index (χ0) is 23.6. The molecule has 0 amide bonds. The fourth-order valence-electron chi connectivity index (χ4n) is 3.50. The fraction of sp³-hybridized carbons (Fsp3) is 0.120. The van der Waals surface area contributed by atoms with E-state index >= 15 is 0 Å². The summed E-state index contributed by atoms with van der Waals surface area (Å²) in [5.41, 5.74) is 2.72. The van der Waals surface area contributed by atoms with E-state index in [-0.39, 0.29) is 17.0 Å². The molecule has 8 heteroatoms. The molecular formula is C25H21FN2O3S2. The van der Waals surface area contributed by atoms with Crippen LogP contribution in [-0.4, -0.2) is 30.7 Å². The van der Waals surface area contributed by atoms with Crippen LogP contribution in [0.2, 0.25) is 0 Å². The molecule has 1 heterocycles. The van der Waals surface area contributed by atoms with Crippen LogP contribution in [0.4, 0.5) is 4.39 Å². The molecule has 0 spiro atoms. The molecule has 4 rings (SSSR count). The van der Waals surface area contributed by atoms with E-state index in [0.29, 0.717) is 22.3 Å². The van der Waals surface area contributed by atoms with E-state index in [2.05, 4.69) is 5.10 Å². The van der Waals surface area contributed by atoms with Crippen molar-refractivity contribution < 1.29 is 12.8 Å². The predicted molar refractivity (Wildman–Crippen MR) is 130 cm³/mol. The largest absolute Gasteiger partial charge is 0.275 e. The average molecular weight is 481 g/mol. The lowest BCUT2D eigenvalue weighted by atomic mass is 9.97. The summed E-state index contributed by atoms with van der Waals surface area (Å²) in [5, 5.41) is 4.37. The third-order valence-electron chi connectivity index (χ3n) is 5.26. The maximum Gasteiger partial charge on any atom is 0.275 e. The highest BCUT2D eigenvalue weighted by Gasteiger charge is 2.17. The van der Waals surface area contributed by atoms with Gasteiger partial charge in [0.25, 0.3) is 5.56 Å². The van der Waals surface area contributed by atoms with E-state index in [9.17, 15) is 17.6 Å². The first-order valence-electron chi connectivity index (χ1n) is 10.1. The maximum absolute atomic E-state index is 13.6. The Kier molecular flexibility index (Phi) is 6.49. The average Bonchev–Trinajstić information content (AvgIpc) is 2.81. The van der Waals surface area contributed by atoms with E-state index in [1.165, 1.54) is 28.9 Å². The summed E-state index contributed by atoms with van der Waals surface area (Å²) in [6, 6.07) is 19.9. The molecular weight excluding hydrogens is 459 g/mol. The van der Waals surface area contributed by atoms with Crippen LogP contribution in [0.3, 0.4) is 0 Å². The topological polar surface area (TPSA) is 69.0 Å². The molecule has 33 heavy (non-hydrogen) atoms. The second-order valence-electron chi connectivity index (χ2n) is 7.55. The van der Waals surface area contributed by atoms with Gasteiger partial charge in [-0.05, 0) is 59.3 Å². The van der Waals surface area contributed by atoms with Crippen molar-refractivity contribution in [2.24, 2.45) is 0 Å². The summed E-state index contributed by atoms with van der Waals surface area (Å²) in [6.07, 6.45) is 4.73. The van der Waals surface area contributed by atoms with Crippen LogP contribution in [0, 0.1) is 5.82 Å². The Hall–Kier alpha value is -3.23. The molecule has 0 aliphatic carbocycles. The van der Waals surface area contributed by atoms with Gasteiger partial charge < -0.3 is 0 Å². The minimum Gasteiger partial charge on any atom is -0.267 e. The van der Waals surface area contributed by atoms with Crippen LogP contribution in [0.15, 0.2) is 93.6 Å². The fourth-order valence-corrected chi connectivity index (χ4v) is 4.54. The van der Waals surface area contributed by atoms with Crippen molar-refractivity contribution in [3.05, 3.63) is 101 Å². The van der Waals surface area contributed by atoms with Gasteiger partial charge in [-0.3, -0.25) is 4.79 Å². The monoisotopic (exact) mass is 480 g/mol. The molecule has 0 radical (unpaired) electrons. The second-order valence-corrected chi connectivity index (χ2v) is 10.4. The number of rotatable bonds is 6. The van der Waals surface area contributed by atoms with Crippen LogP contribution >= 0.6 is 11.8 Å². The van der Waals surface area contributed by atoms with Gasteiger partial charge in [-0.1, -0.05) is 36.4 Å². The third kappa shape index (κ3) is 5.07. The van der Waals surface area contributed by atoms with Crippen LogP contribution in [0.25, 0.3) is 22.3 Å². The molecule has 0 saturated carbocycles. The molecule has 0 N–H and O–H groups in total. The van der Waals surface area contributed by atoms with E-state index < -0.39 is 15.7 Å². The highest BCUT2D eigenvalue weighted by molar-refractivity contribution is 7.98. The number of thioether (sulfide) groups is 1. The van der Waals surface area contributed by atoms with Crippen LogP contribution in [0.1, 0.15) is 5.56 Å². The number of halogens is 1. The first-order valence-corrected chi connectivity index (χ1v) is 13.2. The Morgan fingerprint density at radius 2 is 1.52 bits per heavy atom. The first-order chi connectivity index (χ1) is 15.8.